The van der Waals surface area contributed by atoms with E-state index in [1.165, 1.54) is 29.4 Å². The molecule has 0 aromatic heterocycles. The standard InChI is InChI=1S/C19H21NO6S2/c1-25-14-2-4-15(5-3-14)27-16-6-8-17(9-7-16)28(23,24)19(18(21)20-22)10-12-26-13-11-19/h2-9,22H,10-13H2,1H3,(H,20,21). The lowest BCUT2D eigenvalue weighted by Crippen LogP contribution is -2.54. The van der Waals surface area contributed by atoms with Crippen LogP contribution in [0.2, 0.25) is 0 Å². The zero-order valence-corrected chi connectivity index (χ0v) is 16.9. The summed E-state index contributed by atoms with van der Waals surface area (Å²) in [5.41, 5.74) is 1.52. The number of hydroxylamine groups is 1. The van der Waals surface area contributed by atoms with E-state index in [1.54, 1.807) is 19.2 Å². The Balaban J connectivity index is 1.85. The molecule has 0 saturated carbocycles. The number of carbonyl (C=O) groups is 1. The third-order valence-corrected chi connectivity index (χ3v) is 8.29. The molecule has 1 amide bonds. The van der Waals surface area contributed by atoms with Crippen molar-refractivity contribution in [3.05, 3.63) is 48.5 Å². The molecule has 150 valence electrons. The fourth-order valence-electron chi connectivity index (χ4n) is 3.11. The molecule has 0 unspecified atom stereocenters. The van der Waals surface area contributed by atoms with Crippen LogP contribution in [-0.2, 0) is 19.4 Å². The maximum atomic E-state index is 13.2. The van der Waals surface area contributed by atoms with Crippen molar-refractivity contribution in [3.8, 4) is 5.75 Å². The Labute approximate surface area is 167 Å². The van der Waals surface area contributed by atoms with Crippen LogP contribution in [0.1, 0.15) is 12.8 Å². The summed E-state index contributed by atoms with van der Waals surface area (Å²) < 4.78 is 35.0. The van der Waals surface area contributed by atoms with Crippen LogP contribution < -0.4 is 10.2 Å². The summed E-state index contributed by atoms with van der Waals surface area (Å²) in [6.07, 6.45) is -0.0197. The van der Waals surface area contributed by atoms with E-state index in [0.29, 0.717) is 0 Å². The number of carbonyl (C=O) groups excluding carboxylic acids is 1. The smallest absolute Gasteiger partial charge is 0.265 e. The summed E-state index contributed by atoms with van der Waals surface area (Å²) in [6.45, 7) is 0.274. The molecule has 28 heavy (non-hydrogen) atoms. The normalized spacial score (nSPS) is 16.4. The van der Waals surface area contributed by atoms with Crippen LogP contribution in [0.15, 0.2) is 63.2 Å². The Morgan fingerprint density at radius 3 is 2.11 bits per heavy atom. The van der Waals surface area contributed by atoms with Crippen molar-refractivity contribution in [2.45, 2.75) is 32.3 Å². The van der Waals surface area contributed by atoms with Crippen molar-refractivity contribution in [1.82, 2.24) is 5.48 Å². The highest BCUT2D eigenvalue weighted by Gasteiger charge is 2.52. The molecule has 0 atom stereocenters. The predicted molar refractivity (Wildman–Crippen MR) is 103 cm³/mol. The Bertz CT molecular complexity index is 920. The highest BCUT2D eigenvalue weighted by atomic mass is 32.2. The minimum absolute atomic E-state index is 0.00984. The molecule has 1 aliphatic heterocycles. The van der Waals surface area contributed by atoms with Gasteiger partial charge in [0.1, 0.15) is 5.75 Å². The van der Waals surface area contributed by atoms with Crippen molar-refractivity contribution in [2.75, 3.05) is 20.3 Å². The van der Waals surface area contributed by atoms with Crippen molar-refractivity contribution in [1.29, 1.82) is 0 Å². The van der Waals surface area contributed by atoms with Crippen molar-refractivity contribution >= 4 is 27.5 Å². The van der Waals surface area contributed by atoms with Gasteiger partial charge in [-0.05, 0) is 61.4 Å². The van der Waals surface area contributed by atoms with Crippen molar-refractivity contribution in [2.24, 2.45) is 0 Å². The molecule has 1 fully saturated rings. The summed E-state index contributed by atoms with van der Waals surface area (Å²) in [4.78, 5) is 14.1. The van der Waals surface area contributed by atoms with E-state index in [-0.39, 0.29) is 31.0 Å². The second kappa shape index (κ2) is 8.52. The van der Waals surface area contributed by atoms with Crippen LogP contribution in [0.25, 0.3) is 0 Å². The topological polar surface area (TPSA) is 102 Å². The lowest BCUT2D eigenvalue weighted by Gasteiger charge is -2.34. The number of ether oxygens (including phenoxy) is 2. The Hall–Kier alpha value is -2.07. The summed E-state index contributed by atoms with van der Waals surface area (Å²) in [6, 6.07) is 13.9. The first kappa shape index (κ1) is 20.7. The average Bonchev–Trinajstić information content (AvgIpc) is 2.74. The van der Waals surface area contributed by atoms with Gasteiger partial charge in [0.25, 0.3) is 5.91 Å². The summed E-state index contributed by atoms with van der Waals surface area (Å²) in [7, 11) is -2.41. The molecule has 2 aromatic carbocycles. The monoisotopic (exact) mass is 423 g/mol. The molecule has 1 aliphatic rings. The zero-order valence-electron chi connectivity index (χ0n) is 15.3. The third kappa shape index (κ3) is 3.88. The molecule has 0 bridgehead atoms. The van der Waals surface area contributed by atoms with E-state index in [2.05, 4.69) is 0 Å². The quantitative estimate of drug-likeness (QED) is 0.544. The number of hydrogen-bond acceptors (Lipinski definition) is 7. The zero-order chi connectivity index (χ0) is 20.2. The van der Waals surface area contributed by atoms with Crippen LogP contribution in [-0.4, -0.2) is 44.6 Å². The summed E-state index contributed by atoms with van der Waals surface area (Å²) >= 11 is 1.48. The Kier molecular flexibility index (Phi) is 6.29. The largest absolute Gasteiger partial charge is 0.497 e. The molecule has 1 saturated heterocycles. The van der Waals surface area contributed by atoms with Crippen molar-refractivity contribution < 1.29 is 27.9 Å². The summed E-state index contributed by atoms with van der Waals surface area (Å²) in [5, 5.41) is 9.09. The SMILES string of the molecule is COc1ccc(Sc2ccc(S(=O)(=O)C3(C(=O)NO)CCOCC3)cc2)cc1. The first-order chi connectivity index (χ1) is 13.4. The lowest BCUT2D eigenvalue weighted by molar-refractivity contribution is -0.134. The van der Waals surface area contributed by atoms with E-state index in [4.69, 9.17) is 14.7 Å². The fourth-order valence-corrected chi connectivity index (χ4v) is 5.87. The van der Waals surface area contributed by atoms with Crippen LogP contribution in [0, 0.1) is 0 Å². The van der Waals surface area contributed by atoms with E-state index >= 15 is 0 Å². The van der Waals surface area contributed by atoms with E-state index in [1.807, 2.05) is 24.3 Å². The first-order valence-electron chi connectivity index (χ1n) is 8.62. The maximum absolute atomic E-state index is 13.2. The minimum Gasteiger partial charge on any atom is -0.497 e. The van der Waals surface area contributed by atoms with Crippen LogP contribution in [0.3, 0.4) is 0 Å². The van der Waals surface area contributed by atoms with Gasteiger partial charge in [-0.25, -0.2) is 13.9 Å². The molecule has 9 heteroatoms. The first-order valence-corrected chi connectivity index (χ1v) is 10.9. The number of hydrogen-bond donors (Lipinski definition) is 2. The highest BCUT2D eigenvalue weighted by molar-refractivity contribution is 7.99. The molecule has 0 aliphatic carbocycles. The van der Waals surface area contributed by atoms with Gasteiger partial charge in [0.15, 0.2) is 14.6 Å². The molecular formula is C19H21NO6S2. The molecular weight excluding hydrogens is 402 g/mol. The lowest BCUT2D eigenvalue weighted by atomic mass is 9.98. The molecule has 2 aromatic rings. The number of sulfone groups is 1. The van der Waals surface area contributed by atoms with Gasteiger partial charge in [0.2, 0.25) is 0 Å². The number of methoxy groups -OCH3 is 1. The van der Waals surface area contributed by atoms with Gasteiger partial charge in [-0.2, -0.15) is 0 Å². The Morgan fingerprint density at radius 2 is 1.61 bits per heavy atom. The van der Waals surface area contributed by atoms with Gasteiger partial charge in [-0.1, -0.05) is 11.8 Å². The average molecular weight is 424 g/mol. The van der Waals surface area contributed by atoms with E-state index < -0.39 is 20.5 Å². The van der Waals surface area contributed by atoms with Gasteiger partial charge < -0.3 is 9.47 Å². The van der Waals surface area contributed by atoms with Crippen LogP contribution in [0.4, 0.5) is 0 Å². The van der Waals surface area contributed by atoms with Gasteiger partial charge in [-0.3, -0.25) is 10.0 Å². The molecule has 3 rings (SSSR count). The van der Waals surface area contributed by atoms with Crippen LogP contribution >= 0.6 is 11.8 Å². The van der Waals surface area contributed by atoms with Gasteiger partial charge >= 0.3 is 0 Å². The van der Waals surface area contributed by atoms with E-state index in [9.17, 15) is 13.2 Å². The molecule has 7 nitrogen and oxygen atoms in total. The number of amides is 1. The summed E-state index contributed by atoms with van der Waals surface area (Å²) in [5.74, 6) is -0.165. The second-order valence-corrected chi connectivity index (χ2v) is 9.71. The van der Waals surface area contributed by atoms with Crippen LogP contribution in [0.5, 0.6) is 5.75 Å². The molecule has 2 N–H and O–H groups in total. The Morgan fingerprint density at radius 1 is 1.07 bits per heavy atom. The fraction of sp³-hybridized carbons (Fsp3) is 0.316. The minimum atomic E-state index is -4.01. The molecule has 0 spiro atoms. The number of benzene rings is 2. The van der Waals surface area contributed by atoms with Crippen molar-refractivity contribution in [3.63, 3.8) is 0 Å². The molecule has 1 heterocycles. The second-order valence-electron chi connectivity index (χ2n) is 6.30. The van der Waals surface area contributed by atoms with Gasteiger partial charge in [0.05, 0.1) is 12.0 Å². The highest BCUT2D eigenvalue weighted by Crippen LogP contribution is 2.36. The van der Waals surface area contributed by atoms with Gasteiger partial charge in [0, 0.05) is 23.0 Å². The maximum Gasteiger partial charge on any atom is 0.265 e. The van der Waals surface area contributed by atoms with E-state index in [0.717, 1.165) is 15.5 Å². The molecule has 0 radical (unpaired) electrons. The predicted octanol–water partition coefficient (Wildman–Crippen LogP) is 2.67. The van der Waals surface area contributed by atoms with Gasteiger partial charge in [-0.15, -0.1) is 0 Å². The number of rotatable bonds is 6. The third-order valence-electron chi connectivity index (χ3n) is 4.76. The number of nitrogens with one attached hydrogen (secondary N) is 1.